The van der Waals surface area contributed by atoms with Gasteiger partial charge in [0.15, 0.2) is 0 Å². The van der Waals surface area contributed by atoms with Gasteiger partial charge < -0.3 is 5.32 Å². The topological polar surface area (TPSA) is 64.0 Å². The highest BCUT2D eigenvalue weighted by Gasteiger charge is 2.19. The van der Waals surface area contributed by atoms with E-state index in [0.717, 1.165) is 5.56 Å². The van der Waals surface area contributed by atoms with Crippen LogP contribution in [0.15, 0.2) is 53.8 Å². The molecule has 5 nitrogen and oxygen atoms in total. The van der Waals surface area contributed by atoms with Crippen LogP contribution in [-0.4, -0.2) is 15.5 Å². The Balaban J connectivity index is 2.39. The molecule has 3 aromatic rings. The zero-order valence-corrected chi connectivity index (χ0v) is 16.9. The fourth-order valence-corrected chi connectivity index (χ4v) is 3.34. The maximum Gasteiger partial charge on any atom is 0.265 e. The normalized spacial score (nSPS) is 11.0. The average molecular weight is 396 g/mol. The Labute approximate surface area is 168 Å². The second-order valence-electron chi connectivity index (χ2n) is 6.90. The van der Waals surface area contributed by atoms with Gasteiger partial charge in [0.05, 0.1) is 16.6 Å². The third-order valence-electron chi connectivity index (χ3n) is 4.43. The van der Waals surface area contributed by atoms with E-state index in [2.05, 4.69) is 11.9 Å². The summed E-state index contributed by atoms with van der Waals surface area (Å²) in [5.41, 5.74) is 2.57. The van der Waals surface area contributed by atoms with E-state index in [9.17, 15) is 9.59 Å². The van der Waals surface area contributed by atoms with Crippen molar-refractivity contribution in [3.05, 3.63) is 75.8 Å². The number of carbonyl (C=O) groups excluding carboxylic acids is 1. The number of nitrogens with zero attached hydrogens (tertiary/aromatic N) is 2. The van der Waals surface area contributed by atoms with Crippen LogP contribution in [0, 0.1) is 0 Å². The third kappa shape index (κ3) is 3.71. The van der Waals surface area contributed by atoms with Gasteiger partial charge in [0.1, 0.15) is 5.82 Å². The fourth-order valence-electron chi connectivity index (χ4n) is 3.21. The molecule has 0 fully saturated rings. The van der Waals surface area contributed by atoms with Crippen molar-refractivity contribution >= 4 is 34.1 Å². The van der Waals surface area contributed by atoms with Crippen LogP contribution in [0.25, 0.3) is 16.6 Å². The van der Waals surface area contributed by atoms with Crippen molar-refractivity contribution in [1.82, 2.24) is 9.55 Å². The summed E-state index contributed by atoms with van der Waals surface area (Å²) in [6.45, 7) is 9.23. The molecule has 6 heteroatoms. The van der Waals surface area contributed by atoms with Crippen molar-refractivity contribution in [2.24, 2.45) is 0 Å². The number of anilines is 1. The third-order valence-corrected chi connectivity index (χ3v) is 4.68. The van der Waals surface area contributed by atoms with E-state index in [0.29, 0.717) is 39.5 Å². The lowest BCUT2D eigenvalue weighted by molar-refractivity contribution is -0.114. The standard InChI is InChI=1S/C22H22ClN3O2/c1-5-6-17-19(24-14(4)27)12-11-18-20(17)25-21(13(2)3)26(22(18)28)16-9-7-15(23)8-10-16/h5,7-13H,1,6H2,2-4H3,(H,24,27). The van der Waals surface area contributed by atoms with Crippen LogP contribution in [0.4, 0.5) is 5.69 Å². The van der Waals surface area contributed by atoms with Gasteiger partial charge in [0, 0.05) is 29.1 Å². The molecule has 0 radical (unpaired) electrons. The monoisotopic (exact) mass is 395 g/mol. The number of allylic oxidation sites excluding steroid dienone is 1. The number of amides is 1. The Morgan fingerprint density at radius 2 is 1.93 bits per heavy atom. The number of fused-ring (bicyclic) bond motifs is 1. The van der Waals surface area contributed by atoms with Gasteiger partial charge in [0.25, 0.3) is 5.56 Å². The maximum absolute atomic E-state index is 13.4. The molecule has 1 heterocycles. The zero-order chi connectivity index (χ0) is 20.4. The summed E-state index contributed by atoms with van der Waals surface area (Å²) in [6.07, 6.45) is 2.23. The van der Waals surface area contributed by atoms with Crippen LogP contribution in [0.3, 0.4) is 0 Å². The molecule has 0 saturated heterocycles. The maximum atomic E-state index is 13.4. The summed E-state index contributed by atoms with van der Waals surface area (Å²) < 4.78 is 1.62. The van der Waals surface area contributed by atoms with Gasteiger partial charge >= 0.3 is 0 Å². The molecule has 0 saturated carbocycles. The first kappa shape index (κ1) is 19.8. The van der Waals surface area contributed by atoms with E-state index in [-0.39, 0.29) is 17.4 Å². The fraction of sp³-hybridized carbons (Fsp3) is 0.227. The Morgan fingerprint density at radius 3 is 2.50 bits per heavy atom. The second-order valence-corrected chi connectivity index (χ2v) is 7.34. The van der Waals surface area contributed by atoms with Crippen molar-refractivity contribution in [2.45, 2.75) is 33.1 Å². The molecular formula is C22H22ClN3O2. The molecule has 0 spiro atoms. The van der Waals surface area contributed by atoms with Gasteiger partial charge in [-0.1, -0.05) is 31.5 Å². The summed E-state index contributed by atoms with van der Waals surface area (Å²) in [5.74, 6) is 0.474. The van der Waals surface area contributed by atoms with Crippen molar-refractivity contribution in [3.63, 3.8) is 0 Å². The van der Waals surface area contributed by atoms with Crippen LogP contribution in [0.2, 0.25) is 5.02 Å². The number of carbonyl (C=O) groups is 1. The summed E-state index contributed by atoms with van der Waals surface area (Å²) in [5, 5.41) is 3.91. The Bertz CT molecular complexity index is 1120. The van der Waals surface area contributed by atoms with Gasteiger partial charge in [-0.25, -0.2) is 4.98 Å². The lowest BCUT2D eigenvalue weighted by atomic mass is 10.0. The minimum absolute atomic E-state index is 0.00813. The van der Waals surface area contributed by atoms with Gasteiger partial charge in [-0.3, -0.25) is 14.2 Å². The van der Waals surface area contributed by atoms with Gasteiger partial charge in [-0.15, -0.1) is 6.58 Å². The first-order valence-corrected chi connectivity index (χ1v) is 9.44. The van der Waals surface area contributed by atoms with Crippen LogP contribution >= 0.6 is 11.6 Å². The smallest absolute Gasteiger partial charge is 0.265 e. The second kappa shape index (κ2) is 7.98. The SMILES string of the molecule is C=CCc1c(NC(C)=O)ccc2c(=O)n(-c3ccc(Cl)cc3)c(C(C)C)nc12. The summed E-state index contributed by atoms with van der Waals surface area (Å²) in [6, 6.07) is 10.6. The molecule has 0 bridgehead atoms. The van der Waals surface area contributed by atoms with E-state index < -0.39 is 0 Å². The van der Waals surface area contributed by atoms with Crippen LogP contribution in [0.1, 0.15) is 38.1 Å². The molecule has 3 rings (SSSR count). The van der Waals surface area contributed by atoms with E-state index in [1.807, 2.05) is 13.8 Å². The largest absolute Gasteiger partial charge is 0.326 e. The van der Waals surface area contributed by atoms with Gasteiger partial charge in [-0.05, 0) is 42.8 Å². The Hall–Kier alpha value is -2.92. The molecule has 1 N–H and O–H groups in total. The Kier molecular flexibility index (Phi) is 5.66. The quantitative estimate of drug-likeness (QED) is 0.628. The summed E-state index contributed by atoms with van der Waals surface area (Å²) in [7, 11) is 0. The molecule has 0 aliphatic heterocycles. The average Bonchev–Trinajstić information content (AvgIpc) is 2.64. The van der Waals surface area contributed by atoms with Crippen LogP contribution in [0.5, 0.6) is 0 Å². The lowest BCUT2D eigenvalue weighted by Gasteiger charge is -2.18. The summed E-state index contributed by atoms with van der Waals surface area (Å²) in [4.78, 5) is 29.8. The molecule has 2 aromatic carbocycles. The van der Waals surface area contributed by atoms with E-state index in [1.165, 1.54) is 6.92 Å². The zero-order valence-electron chi connectivity index (χ0n) is 16.1. The number of aromatic nitrogens is 2. The summed E-state index contributed by atoms with van der Waals surface area (Å²) >= 11 is 6.00. The van der Waals surface area contributed by atoms with E-state index in [1.54, 1.807) is 47.0 Å². The molecule has 0 aliphatic rings. The first-order chi connectivity index (χ1) is 13.3. The molecule has 0 atom stereocenters. The number of hydrogen-bond acceptors (Lipinski definition) is 3. The number of hydrogen-bond donors (Lipinski definition) is 1. The minimum atomic E-state index is -0.178. The number of rotatable bonds is 5. The van der Waals surface area contributed by atoms with Crippen LogP contribution < -0.4 is 10.9 Å². The predicted molar refractivity (Wildman–Crippen MR) is 115 cm³/mol. The number of halogens is 1. The molecule has 1 aromatic heterocycles. The molecular weight excluding hydrogens is 374 g/mol. The lowest BCUT2D eigenvalue weighted by Crippen LogP contribution is -2.25. The van der Waals surface area contributed by atoms with Crippen molar-refractivity contribution < 1.29 is 4.79 Å². The molecule has 0 aliphatic carbocycles. The Morgan fingerprint density at radius 1 is 1.25 bits per heavy atom. The van der Waals surface area contributed by atoms with Gasteiger partial charge in [-0.2, -0.15) is 0 Å². The van der Waals surface area contributed by atoms with Crippen molar-refractivity contribution in [3.8, 4) is 5.69 Å². The van der Waals surface area contributed by atoms with Crippen LogP contribution in [-0.2, 0) is 11.2 Å². The first-order valence-electron chi connectivity index (χ1n) is 9.06. The highest BCUT2D eigenvalue weighted by molar-refractivity contribution is 6.30. The van der Waals surface area contributed by atoms with Crippen molar-refractivity contribution in [1.29, 1.82) is 0 Å². The van der Waals surface area contributed by atoms with E-state index in [4.69, 9.17) is 16.6 Å². The molecule has 144 valence electrons. The van der Waals surface area contributed by atoms with Gasteiger partial charge in [0.2, 0.25) is 5.91 Å². The van der Waals surface area contributed by atoms with E-state index >= 15 is 0 Å². The molecule has 0 unspecified atom stereocenters. The number of nitrogens with one attached hydrogen (secondary N) is 1. The highest BCUT2D eigenvalue weighted by Crippen LogP contribution is 2.27. The number of benzene rings is 2. The van der Waals surface area contributed by atoms with Crippen molar-refractivity contribution in [2.75, 3.05) is 5.32 Å². The molecule has 28 heavy (non-hydrogen) atoms. The minimum Gasteiger partial charge on any atom is -0.326 e. The molecule has 1 amide bonds. The highest BCUT2D eigenvalue weighted by atomic mass is 35.5. The predicted octanol–water partition coefficient (Wildman–Crippen LogP) is 4.85.